The van der Waals surface area contributed by atoms with Gasteiger partial charge in [0.15, 0.2) is 0 Å². The number of likely N-dealkylation sites (tertiary alicyclic amines) is 1. The summed E-state index contributed by atoms with van der Waals surface area (Å²) < 4.78 is 0. The molecule has 7 heteroatoms. The van der Waals surface area contributed by atoms with E-state index < -0.39 is 5.41 Å². The third-order valence-corrected chi connectivity index (χ3v) is 11.1. The molecule has 1 aromatic rings. The van der Waals surface area contributed by atoms with Gasteiger partial charge in [0, 0.05) is 57.5 Å². The third-order valence-electron chi connectivity index (χ3n) is 11.1. The van der Waals surface area contributed by atoms with E-state index in [0.29, 0.717) is 18.0 Å². The maximum absolute atomic E-state index is 13.7. The summed E-state index contributed by atoms with van der Waals surface area (Å²) in [7, 11) is 0. The molecular weight excluding hydrogens is 484 g/mol. The summed E-state index contributed by atoms with van der Waals surface area (Å²) in [6.45, 7) is 16.3. The molecule has 1 amide bonds. The number of carbonyl (C=O) groups excluding carboxylic acids is 1. The van der Waals surface area contributed by atoms with E-state index in [1.807, 2.05) is 6.92 Å². The highest BCUT2D eigenvalue weighted by molar-refractivity contribution is 6.15. The highest BCUT2D eigenvalue weighted by Gasteiger charge is 2.73. The summed E-state index contributed by atoms with van der Waals surface area (Å²) in [6.07, 6.45) is 8.29. The monoisotopic (exact) mass is 534 g/mol. The molecule has 1 N–H and O–H groups in total. The summed E-state index contributed by atoms with van der Waals surface area (Å²) in [6, 6.07) is 12.2. The maximum atomic E-state index is 13.7. The van der Waals surface area contributed by atoms with Crippen molar-refractivity contribution < 1.29 is 6.22 Å². The van der Waals surface area contributed by atoms with Crippen LogP contribution in [0.5, 0.6) is 0 Å². The van der Waals surface area contributed by atoms with Gasteiger partial charge in [-0.05, 0) is 90.8 Å². The molecule has 4 heterocycles. The number of nitrogens with one attached hydrogen (secondary N) is 1. The molecule has 214 valence electrons. The Kier molecular flexibility index (Phi) is 7.22. The zero-order chi connectivity index (χ0) is 27.3. The molecule has 6 rings (SSSR count). The molecule has 4 unspecified atom stereocenters. The van der Waals surface area contributed by atoms with Gasteiger partial charge in [-0.25, -0.2) is 4.99 Å². The molecule has 4 aliphatic heterocycles. The van der Waals surface area contributed by atoms with Gasteiger partial charge in [0.1, 0.15) is 11.8 Å². The first-order valence-electron chi connectivity index (χ1n) is 15.4. The van der Waals surface area contributed by atoms with E-state index in [2.05, 4.69) is 81.1 Å². The van der Waals surface area contributed by atoms with Crippen LogP contribution < -0.4 is 5.32 Å². The maximum Gasteiger partial charge on any atom is 0.237 e. The third kappa shape index (κ3) is 4.78. The Morgan fingerprint density at radius 3 is 2.59 bits per heavy atom. The average Bonchev–Trinajstić information content (AvgIpc) is 3.61. The molecule has 7 nitrogen and oxygen atoms in total. The van der Waals surface area contributed by atoms with Crippen molar-refractivity contribution in [2.24, 2.45) is 21.3 Å². The fraction of sp³-hybridized carbons (Fsp3) is 0.719. The topological polar surface area (TPSA) is 63.5 Å². The normalized spacial score (nSPS) is 35.7. The Morgan fingerprint density at radius 2 is 1.92 bits per heavy atom. The zero-order valence-corrected chi connectivity index (χ0v) is 24.5. The molecule has 5 aliphatic rings. The van der Waals surface area contributed by atoms with Crippen LogP contribution in [0.25, 0.3) is 0 Å². The Bertz CT molecular complexity index is 1110. The molecule has 0 spiro atoms. The number of amides is 1. The number of fused-ring (bicyclic) bond motifs is 1. The predicted molar refractivity (Wildman–Crippen MR) is 161 cm³/mol. The van der Waals surface area contributed by atoms with E-state index in [1.165, 1.54) is 18.4 Å². The Morgan fingerprint density at radius 1 is 1.15 bits per heavy atom. The molecule has 1 aliphatic carbocycles. The number of benzene rings is 1. The van der Waals surface area contributed by atoms with Crippen molar-refractivity contribution in [3.63, 3.8) is 0 Å². The van der Waals surface area contributed by atoms with Gasteiger partial charge >= 0.3 is 0 Å². The standard InChI is InChI=1S/C32H48N6O.H2/c1-24-21-37(17-18-38(24)28(27-11-8-14-33-20-27)19-26-9-6-5-7-10-26)30(3)12-15-36(16-13-30)29(39)32-22-31(32,4)35-23-34-25(32)2;/h5-7,9-10,23-24,27-28,33H,8,11-22H2,1-4H3;1H/t24-,27?,28?,31?,32?;/m0./s1. The second-order valence-electron chi connectivity index (χ2n) is 13.5. The van der Waals surface area contributed by atoms with Crippen LogP contribution in [0.1, 0.15) is 66.8 Å². The van der Waals surface area contributed by atoms with Crippen molar-refractivity contribution in [3.8, 4) is 0 Å². The van der Waals surface area contributed by atoms with E-state index in [0.717, 1.165) is 77.2 Å². The van der Waals surface area contributed by atoms with E-state index in [4.69, 9.17) is 0 Å². The summed E-state index contributed by atoms with van der Waals surface area (Å²) in [5, 5.41) is 3.68. The molecule has 5 atom stereocenters. The molecule has 1 aromatic carbocycles. The van der Waals surface area contributed by atoms with E-state index in [9.17, 15) is 4.79 Å². The molecule has 4 fully saturated rings. The lowest BCUT2D eigenvalue weighted by Crippen LogP contribution is -2.65. The molecule has 0 aromatic heterocycles. The quantitative estimate of drug-likeness (QED) is 0.602. The fourth-order valence-electron chi connectivity index (χ4n) is 8.31. The first-order chi connectivity index (χ1) is 18.8. The number of piperidine rings is 2. The number of carbonyl (C=O) groups is 1. The average molecular weight is 535 g/mol. The van der Waals surface area contributed by atoms with E-state index >= 15 is 0 Å². The lowest BCUT2D eigenvalue weighted by molar-refractivity contribution is -0.138. The number of aliphatic imine (C=N–C) groups is 2. The zero-order valence-electron chi connectivity index (χ0n) is 24.5. The van der Waals surface area contributed by atoms with E-state index in [1.54, 1.807) is 6.34 Å². The minimum atomic E-state index is -0.489. The Balaban J connectivity index is 0.00000323. The fourth-order valence-corrected chi connectivity index (χ4v) is 8.31. The first kappa shape index (κ1) is 27.1. The van der Waals surface area contributed by atoms with Crippen LogP contribution in [-0.4, -0.2) is 102 Å². The van der Waals surface area contributed by atoms with Crippen molar-refractivity contribution in [1.82, 2.24) is 20.0 Å². The van der Waals surface area contributed by atoms with Crippen molar-refractivity contribution in [2.75, 3.05) is 45.8 Å². The van der Waals surface area contributed by atoms with Crippen LogP contribution in [0.15, 0.2) is 40.3 Å². The molecule has 3 saturated heterocycles. The van der Waals surface area contributed by atoms with Crippen LogP contribution >= 0.6 is 0 Å². The largest absolute Gasteiger partial charge is 0.342 e. The number of hydrogen-bond donors (Lipinski definition) is 1. The Labute approximate surface area is 236 Å². The number of hydrogen-bond acceptors (Lipinski definition) is 6. The predicted octanol–water partition coefficient (Wildman–Crippen LogP) is 3.88. The molecule has 0 radical (unpaired) electrons. The van der Waals surface area contributed by atoms with Crippen molar-refractivity contribution in [2.45, 2.75) is 89.4 Å². The Hall–Kier alpha value is -2.09. The summed E-state index contributed by atoms with van der Waals surface area (Å²) in [5.74, 6) is 0.967. The van der Waals surface area contributed by atoms with Crippen molar-refractivity contribution in [3.05, 3.63) is 35.9 Å². The van der Waals surface area contributed by atoms with Gasteiger partial charge in [-0.2, -0.15) is 0 Å². The van der Waals surface area contributed by atoms with Crippen LogP contribution in [0.3, 0.4) is 0 Å². The summed E-state index contributed by atoms with van der Waals surface area (Å²) >= 11 is 0. The van der Waals surface area contributed by atoms with Gasteiger partial charge in [-0.3, -0.25) is 19.6 Å². The molecule has 39 heavy (non-hydrogen) atoms. The molecule has 1 saturated carbocycles. The minimum Gasteiger partial charge on any atom is -0.342 e. The second kappa shape index (κ2) is 10.4. The van der Waals surface area contributed by atoms with Gasteiger partial charge in [-0.1, -0.05) is 30.3 Å². The highest BCUT2D eigenvalue weighted by atomic mass is 16.2. The number of rotatable bonds is 6. The lowest BCUT2D eigenvalue weighted by Gasteiger charge is -2.54. The van der Waals surface area contributed by atoms with Crippen LogP contribution in [0.2, 0.25) is 0 Å². The van der Waals surface area contributed by atoms with Gasteiger partial charge in [0.2, 0.25) is 5.91 Å². The second-order valence-corrected chi connectivity index (χ2v) is 13.5. The number of nitrogens with zero attached hydrogens (tertiary/aromatic N) is 5. The van der Waals surface area contributed by atoms with Gasteiger partial charge in [-0.15, -0.1) is 0 Å². The molecule has 0 bridgehead atoms. The SMILES string of the molecule is CC1=NC=NC2(C)CC12C(=O)N1CCC(C)(N2CCN(C(Cc3ccccc3)C3CCCNC3)[C@@H](C)C2)CC1.[HH]. The van der Waals surface area contributed by atoms with Crippen LogP contribution in [-0.2, 0) is 11.2 Å². The van der Waals surface area contributed by atoms with Crippen LogP contribution in [0.4, 0.5) is 0 Å². The van der Waals surface area contributed by atoms with Crippen LogP contribution in [0, 0.1) is 11.3 Å². The highest BCUT2D eigenvalue weighted by Crippen LogP contribution is 2.62. The summed E-state index contributed by atoms with van der Waals surface area (Å²) in [5.41, 5.74) is 1.78. The van der Waals surface area contributed by atoms with Crippen molar-refractivity contribution in [1.29, 1.82) is 0 Å². The lowest BCUT2D eigenvalue weighted by atomic mass is 9.83. The van der Waals surface area contributed by atoms with Gasteiger partial charge < -0.3 is 10.2 Å². The van der Waals surface area contributed by atoms with Gasteiger partial charge in [0.25, 0.3) is 0 Å². The smallest absolute Gasteiger partial charge is 0.237 e. The van der Waals surface area contributed by atoms with Crippen molar-refractivity contribution >= 4 is 18.0 Å². The summed E-state index contributed by atoms with van der Waals surface area (Å²) in [4.78, 5) is 30.5. The first-order valence-corrected chi connectivity index (χ1v) is 15.4. The molecular formula is C32H50N6O. The van der Waals surface area contributed by atoms with Gasteiger partial charge in [0.05, 0.1) is 5.54 Å². The van der Waals surface area contributed by atoms with E-state index in [-0.39, 0.29) is 18.4 Å². The minimum absolute atomic E-state index is 0. The number of piperazine rings is 1.